The Hall–Kier alpha value is -2.96. The van der Waals surface area contributed by atoms with Crippen LogP contribution in [0.2, 0.25) is 0 Å². The van der Waals surface area contributed by atoms with Crippen LogP contribution in [0.3, 0.4) is 0 Å². The SMILES string of the molecule is CCOc1cc(N[C@H](C)Cn2ncc3ccccc3c2=O)ncn1. The van der Waals surface area contributed by atoms with Gasteiger partial charge >= 0.3 is 0 Å². The highest BCUT2D eigenvalue weighted by molar-refractivity contribution is 5.80. The molecule has 1 atom stereocenters. The molecule has 0 bridgehead atoms. The van der Waals surface area contributed by atoms with Crippen molar-refractivity contribution in [3.8, 4) is 5.88 Å². The van der Waals surface area contributed by atoms with E-state index in [0.717, 1.165) is 5.39 Å². The Morgan fingerprint density at radius 3 is 2.96 bits per heavy atom. The minimum absolute atomic E-state index is 0.0410. The highest BCUT2D eigenvalue weighted by Gasteiger charge is 2.09. The second-order valence-corrected chi connectivity index (χ2v) is 5.44. The summed E-state index contributed by atoms with van der Waals surface area (Å²) in [5.41, 5.74) is -0.0977. The van der Waals surface area contributed by atoms with Crippen LogP contribution >= 0.6 is 0 Å². The lowest BCUT2D eigenvalue weighted by molar-refractivity contribution is 0.326. The smallest absolute Gasteiger partial charge is 0.274 e. The van der Waals surface area contributed by atoms with Crippen LogP contribution in [0, 0.1) is 0 Å². The van der Waals surface area contributed by atoms with Crippen molar-refractivity contribution in [2.24, 2.45) is 0 Å². The number of benzene rings is 1. The Morgan fingerprint density at radius 2 is 2.12 bits per heavy atom. The maximum absolute atomic E-state index is 12.5. The zero-order chi connectivity index (χ0) is 16.9. The standard InChI is InChI=1S/C17H19N5O2/c1-3-24-16-8-15(18-11-19-16)21-12(2)10-22-17(23)14-7-5-4-6-13(14)9-20-22/h4-9,11-12H,3,10H2,1-2H3,(H,18,19,21)/t12-/m1/s1. The van der Waals surface area contributed by atoms with Gasteiger partial charge in [-0.15, -0.1) is 0 Å². The molecule has 0 aliphatic carbocycles. The maximum Gasteiger partial charge on any atom is 0.274 e. The number of nitrogens with zero attached hydrogens (tertiary/aromatic N) is 4. The molecule has 0 unspecified atom stereocenters. The van der Waals surface area contributed by atoms with Gasteiger partial charge in [0.25, 0.3) is 5.56 Å². The number of hydrogen-bond acceptors (Lipinski definition) is 6. The summed E-state index contributed by atoms with van der Waals surface area (Å²) in [6.07, 6.45) is 3.15. The van der Waals surface area contributed by atoms with Gasteiger partial charge < -0.3 is 10.1 Å². The van der Waals surface area contributed by atoms with E-state index < -0.39 is 0 Å². The van der Waals surface area contributed by atoms with Crippen LogP contribution in [0.25, 0.3) is 10.8 Å². The lowest BCUT2D eigenvalue weighted by Crippen LogP contribution is -2.31. The van der Waals surface area contributed by atoms with E-state index in [1.54, 1.807) is 12.3 Å². The molecule has 0 aliphatic heterocycles. The first kappa shape index (κ1) is 15.9. The van der Waals surface area contributed by atoms with Crippen LogP contribution in [0.15, 0.2) is 47.7 Å². The summed E-state index contributed by atoms with van der Waals surface area (Å²) in [6, 6.07) is 9.13. The van der Waals surface area contributed by atoms with Crippen molar-refractivity contribution in [1.82, 2.24) is 19.7 Å². The van der Waals surface area contributed by atoms with E-state index in [2.05, 4.69) is 20.4 Å². The third kappa shape index (κ3) is 3.51. The third-order valence-electron chi connectivity index (χ3n) is 3.54. The van der Waals surface area contributed by atoms with Crippen molar-refractivity contribution < 1.29 is 4.74 Å². The van der Waals surface area contributed by atoms with E-state index in [1.165, 1.54) is 11.0 Å². The van der Waals surface area contributed by atoms with Gasteiger partial charge in [0.15, 0.2) is 0 Å². The average molecular weight is 325 g/mol. The fourth-order valence-corrected chi connectivity index (χ4v) is 2.46. The molecule has 7 heteroatoms. The van der Waals surface area contributed by atoms with Gasteiger partial charge in [0.1, 0.15) is 12.1 Å². The quantitative estimate of drug-likeness (QED) is 0.747. The highest BCUT2D eigenvalue weighted by Crippen LogP contribution is 2.12. The maximum atomic E-state index is 12.5. The molecular formula is C17H19N5O2. The molecule has 0 saturated carbocycles. The van der Waals surface area contributed by atoms with Gasteiger partial charge in [-0.2, -0.15) is 5.10 Å². The van der Waals surface area contributed by atoms with Crippen LogP contribution in [0.5, 0.6) is 5.88 Å². The van der Waals surface area contributed by atoms with Crippen molar-refractivity contribution in [3.63, 3.8) is 0 Å². The Labute approximate surface area is 139 Å². The fraction of sp³-hybridized carbons (Fsp3) is 0.294. The summed E-state index contributed by atoms with van der Waals surface area (Å²) in [4.78, 5) is 20.7. The van der Waals surface area contributed by atoms with E-state index >= 15 is 0 Å². The monoisotopic (exact) mass is 325 g/mol. The Balaban J connectivity index is 1.75. The second-order valence-electron chi connectivity index (χ2n) is 5.44. The number of anilines is 1. The topological polar surface area (TPSA) is 81.9 Å². The first-order chi connectivity index (χ1) is 11.7. The summed E-state index contributed by atoms with van der Waals surface area (Å²) in [6.45, 7) is 4.83. The first-order valence-corrected chi connectivity index (χ1v) is 7.83. The molecule has 1 N–H and O–H groups in total. The molecular weight excluding hydrogens is 306 g/mol. The predicted octanol–water partition coefficient (Wildman–Crippen LogP) is 2.09. The van der Waals surface area contributed by atoms with Crippen LogP contribution in [-0.4, -0.2) is 32.4 Å². The zero-order valence-corrected chi connectivity index (χ0v) is 13.6. The molecule has 0 amide bonds. The van der Waals surface area contributed by atoms with E-state index in [4.69, 9.17) is 4.74 Å². The lowest BCUT2D eigenvalue weighted by Gasteiger charge is -2.15. The van der Waals surface area contributed by atoms with Gasteiger partial charge in [0, 0.05) is 17.5 Å². The number of rotatable bonds is 6. The number of nitrogens with one attached hydrogen (secondary N) is 1. The number of ether oxygens (including phenoxy) is 1. The van der Waals surface area contributed by atoms with Crippen LogP contribution in [0.4, 0.5) is 5.82 Å². The molecule has 2 aromatic heterocycles. The van der Waals surface area contributed by atoms with Crippen molar-refractivity contribution in [3.05, 3.63) is 53.2 Å². The molecule has 0 radical (unpaired) electrons. The Kier molecular flexibility index (Phi) is 4.69. The Morgan fingerprint density at radius 1 is 1.29 bits per heavy atom. The summed E-state index contributed by atoms with van der Waals surface area (Å²) < 4.78 is 6.82. The minimum Gasteiger partial charge on any atom is -0.478 e. The number of hydrogen-bond donors (Lipinski definition) is 1. The molecule has 0 saturated heterocycles. The van der Waals surface area contributed by atoms with E-state index in [0.29, 0.717) is 30.2 Å². The van der Waals surface area contributed by atoms with E-state index in [1.807, 2.05) is 38.1 Å². The largest absolute Gasteiger partial charge is 0.478 e. The van der Waals surface area contributed by atoms with Gasteiger partial charge in [0.05, 0.1) is 24.7 Å². The average Bonchev–Trinajstić information content (AvgIpc) is 2.58. The zero-order valence-electron chi connectivity index (χ0n) is 13.6. The minimum atomic E-state index is -0.0977. The second kappa shape index (κ2) is 7.08. The molecule has 0 fully saturated rings. The summed E-state index contributed by atoms with van der Waals surface area (Å²) in [7, 11) is 0. The van der Waals surface area contributed by atoms with Crippen LogP contribution in [-0.2, 0) is 6.54 Å². The van der Waals surface area contributed by atoms with Crippen molar-refractivity contribution in [2.45, 2.75) is 26.4 Å². The molecule has 7 nitrogen and oxygen atoms in total. The predicted molar refractivity (Wildman–Crippen MR) is 92.3 cm³/mol. The van der Waals surface area contributed by atoms with Crippen molar-refractivity contribution >= 4 is 16.6 Å². The van der Waals surface area contributed by atoms with Crippen molar-refractivity contribution in [2.75, 3.05) is 11.9 Å². The first-order valence-electron chi connectivity index (χ1n) is 7.83. The molecule has 0 spiro atoms. The lowest BCUT2D eigenvalue weighted by atomic mass is 10.2. The summed E-state index contributed by atoms with van der Waals surface area (Å²) >= 11 is 0. The number of aromatic nitrogens is 4. The van der Waals surface area contributed by atoms with Gasteiger partial charge in [-0.3, -0.25) is 4.79 Å². The molecule has 3 aromatic rings. The summed E-state index contributed by atoms with van der Waals surface area (Å²) in [5, 5.41) is 8.99. The van der Waals surface area contributed by atoms with Gasteiger partial charge in [-0.05, 0) is 19.9 Å². The van der Waals surface area contributed by atoms with Gasteiger partial charge in [-0.25, -0.2) is 14.6 Å². The number of fused-ring (bicyclic) bond motifs is 1. The third-order valence-corrected chi connectivity index (χ3v) is 3.54. The molecule has 124 valence electrons. The van der Waals surface area contributed by atoms with Gasteiger partial charge in [-0.1, -0.05) is 18.2 Å². The van der Waals surface area contributed by atoms with Crippen molar-refractivity contribution in [1.29, 1.82) is 0 Å². The summed E-state index contributed by atoms with van der Waals surface area (Å²) in [5.74, 6) is 1.16. The molecule has 3 rings (SSSR count). The molecule has 1 aromatic carbocycles. The molecule has 2 heterocycles. The Bertz CT molecular complexity index is 893. The van der Waals surface area contributed by atoms with Crippen LogP contribution in [0.1, 0.15) is 13.8 Å². The van der Waals surface area contributed by atoms with E-state index in [-0.39, 0.29) is 11.6 Å². The highest BCUT2D eigenvalue weighted by atomic mass is 16.5. The van der Waals surface area contributed by atoms with E-state index in [9.17, 15) is 4.79 Å². The fourth-order valence-electron chi connectivity index (χ4n) is 2.46. The molecule has 0 aliphatic rings. The molecule has 24 heavy (non-hydrogen) atoms. The van der Waals surface area contributed by atoms with Gasteiger partial charge in [0.2, 0.25) is 5.88 Å². The normalized spacial score (nSPS) is 12.1. The van der Waals surface area contributed by atoms with Crippen LogP contribution < -0.4 is 15.6 Å².